The minimum Gasteiger partial charge on any atom is -0.377 e. The molecular formula is C22H33FN4O. The number of fused-ring (bicyclic) bond motifs is 1. The number of ether oxygens (including phenoxy) is 1. The monoisotopic (exact) mass is 388 g/mol. The summed E-state index contributed by atoms with van der Waals surface area (Å²) in [5.41, 5.74) is 2.15. The van der Waals surface area contributed by atoms with Gasteiger partial charge in [-0.15, -0.1) is 0 Å². The average Bonchev–Trinajstić information content (AvgIpc) is 3.06. The van der Waals surface area contributed by atoms with E-state index in [-0.39, 0.29) is 17.3 Å². The van der Waals surface area contributed by atoms with Crippen molar-refractivity contribution in [2.24, 2.45) is 16.3 Å². The highest BCUT2D eigenvalue weighted by Gasteiger charge is 2.35. The third-order valence-corrected chi connectivity index (χ3v) is 5.47. The minimum absolute atomic E-state index is 0.137. The van der Waals surface area contributed by atoms with Crippen LogP contribution >= 0.6 is 0 Å². The van der Waals surface area contributed by atoms with Gasteiger partial charge in [0.15, 0.2) is 5.96 Å². The number of aromatic nitrogens is 1. The molecule has 5 nitrogen and oxygen atoms in total. The average molecular weight is 389 g/mol. The van der Waals surface area contributed by atoms with Gasteiger partial charge in [0.25, 0.3) is 0 Å². The number of hydrogen-bond acceptors (Lipinski definition) is 2. The number of guanidine groups is 1. The lowest BCUT2D eigenvalue weighted by Crippen LogP contribution is -2.47. The molecule has 1 fully saturated rings. The fourth-order valence-corrected chi connectivity index (χ4v) is 4.14. The number of H-pyrrole nitrogens is 1. The molecule has 2 aromatic rings. The van der Waals surface area contributed by atoms with Crippen LogP contribution in [-0.2, 0) is 11.2 Å². The van der Waals surface area contributed by atoms with Crippen molar-refractivity contribution >= 4 is 16.9 Å². The number of halogens is 1. The summed E-state index contributed by atoms with van der Waals surface area (Å²) in [4.78, 5) is 7.49. The molecule has 0 bridgehead atoms. The summed E-state index contributed by atoms with van der Waals surface area (Å²) in [5.74, 6) is 1.07. The van der Waals surface area contributed by atoms with Gasteiger partial charge in [0, 0.05) is 49.8 Å². The standard InChI is InChI=1S/C22H33FN4O/c1-22(2,3)20-16(6-5-11-28-20)14-27-21(24-4)25-10-9-15-13-26-19-12-17(23)7-8-18(15)19/h7-8,12-13,16,20,26H,5-6,9-11,14H2,1-4H3,(H2,24,25,27). The Labute approximate surface area is 167 Å². The lowest BCUT2D eigenvalue weighted by atomic mass is 9.78. The third-order valence-electron chi connectivity index (χ3n) is 5.47. The van der Waals surface area contributed by atoms with Crippen LogP contribution in [0.4, 0.5) is 4.39 Å². The van der Waals surface area contributed by atoms with Crippen LogP contribution in [0.3, 0.4) is 0 Å². The maximum absolute atomic E-state index is 13.3. The number of nitrogens with zero attached hydrogens (tertiary/aromatic N) is 1. The molecule has 28 heavy (non-hydrogen) atoms. The summed E-state index contributed by atoms with van der Waals surface area (Å²) in [5, 5.41) is 7.92. The van der Waals surface area contributed by atoms with Crippen molar-refractivity contribution in [2.45, 2.75) is 46.1 Å². The van der Waals surface area contributed by atoms with E-state index in [2.05, 4.69) is 41.4 Å². The van der Waals surface area contributed by atoms with Crippen LogP contribution in [0.25, 0.3) is 10.9 Å². The van der Waals surface area contributed by atoms with E-state index < -0.39 is 0 Å². The molecule has 1 aromatic heterocycles. The largest absolute Gasteiger partial charge is 0.377 e. The van der Waals surface area contributed by atoms with Crippen LogP contribution < -0.4 is 10.6 Å². The third kappa shape index (κ3) is 5.04. The summed E-state index contributed by atoms with van der Waals surface area (Å²) in [6.07, 6.45) is 5.35. The van der Waals surface area contributed by atoms with Crippen molar-refractivity contribution in [2.75, 3.05) is 26.7 Å². The number of rotatable bonds is 5. The van der Waals surface area contributed by atoms with Crippen molar-refractivity contribution in [1.82, 2.24) is 15.6 Å². The van der Waals surface area contributed by atoms with Gasteiger partial charge in [-0.3, -0.25) is 4.99 Å². The Hall–Kier alpha value is -2.08. The molecule has 3 rings (SSSR count). The van der Waals surface area contributed by atoms with Gasteiger partial charge in [-0.05, 0) is 48.4 Å². The second-order valence-electron chi connectivity index (χ2n) is 8.69. The highest BCUT2D eigenvalue weighted by atomic mass is 19.1. The predicted molar refractivity (Wildman–Crippen MR) is 113 cm³/mol. The molecule has 6 heteroatoms. The maximum Gasteiger partial charge on any atom is 0.190 e. The lowest BCUT2D eigenvalue weighted by molar-refractivity contribution is -0.0835. The smallest absolute Gasteiger partial charge is 0.190 e. The van der Waals surface area contributed by atoms with E-state index in [0.29, 0.717) is 5.92 Å². The van der Waals surface area contributed by atoms with Gasteiger partial charge in [0.2, 0.25) is 0 Å². The summed E-state index contributed by atoms with van der Waals surface area (Å²) >= 11 is 0. The Morgan fingerprint density at radius 3 is 2.89 bits per heavy atom. The second kappa shape index (κ2) is 8.95. The zero-order chi connectivity index (χ0) is 20.1. The van der Waals surface area contributed by atoms with Crippen LogP contribution in [0.5, 0.6) is 0 Å². The summed E-state index contributed by atoms with van der Waals surface area (Å²) in [7, 11) is 1.79. The Kier molecular flexibility index (Phi) is 6.60. The van der Waals surface area contributed by atoms with E-state index >= 15 is 0 Å². The van der Waals surface area contributed by atoms with E-state index in [1.165, 1.54) is 24.1 Å². The predicted octanol–water partition coefficient (Wildman–Crippen LogP) is 3.86. The first-order valence-electron chi connectivity index (χ1n) is 10.2. The Balaban J connectivity index is 1.50. The van der Waals surface area contributed by atoms with E-state index in [1.807, 2.05) is 12.3 Å². The molecule has 0 aliphatic carbocycles. The molecule has 2 unspecified atom stereocenters. The number of aliphatic imine (C=N–C) groups is 1. The molecule has 1 aliphatic heterocycles. The van der Waals surface area contributed by atoms with Crippen molar-refractivity contribution in [1.29, 1.82) is 0 Å². The summed E-state index contributed by atoms with van der Waals surface area (Å²) < 4.78 is 19.4. The summed E-state index contributed by atoms with van der Waals surface area (Å²) in [6.45, 7) is 9.21. The van der Waals surface area contributed by atoms with Crippen molar-refractivity contribution in [3.05, 3.63) is 35.8 Å². The molecule has 2 atom stereocenters. The number of hydrogen-bond donors (Lipinski definition) is 3. The van der Waals surface area contributed by atoms with Crippen LogP contribution in [0.15, 0.2) is 29.4 Å². The van der Waals surface area contributed by atoms with E-state index in [4.69, 9.17) is 4.74 Å². The topological polar surface area (TPSA) is 61.4 Å². The first-order valence-corrected chi connectivity index (χ1v) is 10.2. The van der Waals surface area contributed by atoms with Crippen molar-refractivity contribution in [3.63, 3.8) is 0 Å². The molecule has 2 heterocycles. The van der Waals surface area contributed by atoms with Gasteiger partial charge in [0.05, 0.1) is 6.10 Å². The number of nitrogens with one attached hydrogen (secondary N) is 3. The van der Waals surface area contributed by atoms with Crippen LogP contribution in [0.2, 0.25) is 0 Å². The normalized spacial score (nSPS) is 21.1. The first-order chi connectivity index (χ1) is 13.4. The Bertz CT molecular complexity index is 808. The lowest BCUT2D eigenvalue weighted by Gasteiger charge is -2.40. The fourth-order valence-electron chi connectivity index (χ4n) is 4.14. The fraction of sp³-hybridized carbons (Fsp3) is 0.591. The Morgan fingerprint density at radius 1 is 1.32 bits per heavy atom. The van der Waals surface area contributed by atoms with Gasteiger partial charge in [-0.2, -0.15) is 0 Å². The van der Waals surface area contributed by atoms with Gasteiger partial charge in [-0.1, -0.05) is 20.8 Å². The molecular weight excluding hydrogens is 355 g/mol. The molecule has 0 saturated carbocycles. The van der Waals surface area contributed by atoms with E-state index in [9.17, 15) is 4.39 Å². The van der Waals surface area contributed by atoms with Crippen LogP contribution in [-0.4, -0.2) is 43.8 Å². The van der Waals surface area contributed by atoms with Gasteiger partial charge < -0.3 is 20.4 Å². The molecule has 1 aromatic carbocycles. The second-order valence-corrected chi connectivity index (χ2v) is 8.69. The molecule has 0 amide bonds. The first kappa shape index (κ1) is 20.6. The quantitative estimate of drug-likeness (QED) is 0.538. The highest BCUT2D eigenvalue weighted by molar-refractivity contribution is 5.83. The SMILES string of the molecule is CN=C(NCCc1c[nH]c2cc(F)ccc12)NCC1CCCOC1C(C)(C)C. The molecule has 0 radical (unpaired) electrons. The van der Waals surface area contributed by atoms with Crippen molar-refractivity contribution in [3.8, 4) is 0 Å². The minimum atomic E-state index is -0.219. The number of aromatic amines is 1. The van der Waals surface area contributed by atoms with Crippen LogP contribution in [0.1, 0.15) is 39.2 Å². The summed E-state index contributed by atoms with van der Waals surface area (Å²) in [6, 6.07) is 4.87. The van der Waals surface area contributed by atoms with E-state index in [1.54, 1.807) is 7.05 Å². The maximum atomic E-state index is 13.3. The highest BCUT2D eigenvalue weighted by Crippen LogP contribution is 2.33. The van der Waals surface area contributed by atoms with Gasteiger partial charge in [0.1, 0.15) is 5.82 Å². The molecule has 1 aliphatic rings. The zero-order valence-corrected chi connectivity index (χ0v) is 17.4. The molecule has 3 N–H and O–H groups in total. The zero-order valence-electron chi connectivity index (χ0n) is 17.4. The Morgan fingerprint density at radius 2 is 2.14 bits per heavy atom. The van der Waals surface area contributed by atoms with E-state index in [0.717, 1.165) is 49.4 Å². The van der Waals surface area contributed by atoms with Crippen molar-refractivity contribution < 1.29 is 9.13 Å². The van der Waals surface area contributed by atoms with Gasteiger partial charge >= 0.3 is 0 Å². The molecule has 0 spiro atoms. The molecule has 1 saturated heterocycles. The van der Waals surface area contributed by atoms with Crippen LogP contribution in [0, 0.1) is 17.2 Å². The number of benzene rings is 1. The van der Waals surface area contributed by atoms with Gasteiger partial charge in [-0.25, -0.2) is 4.39 Å². The molecule has 154 valence electrons.